The number of methoxy groups -OCH3 is 1. The van der Waals surface area contributed by atoms with Gasteiger partial charge in [0.05, 0.1) is 47.8 Å². The summed E-state index contributed by atoms with van der Waals surface area (Å²) in [6.07, 6.45) is 4.11. The van der Waals surface area contributed by atoms with Crippen molar-refractivity contribution in [1.29, 1.82) is 0 Å². The van der Waals surface area contributed by atoms with Crippen molar-refractivity contribution in [3.05, 3.63) is 58.0 Å². The Labute approximate surface area is 361 Å². The number of ether oxygens (including phenoxy) is 4. The molecule has 1 spiro atoms. The number of anilines is 1. The summed E-state index contributed by atoms with van der Waals surface area (Å²) in [5.74, 6) is -7.57. The van der Waals surface area contributed by atoms with E-state index < -0.39 is 89.6 Å². The minimum Gasteiger partial charge on any atom is -0.507 e. The number of phenolic OH excluding ortho intramolecular Hbond substituents is 2. The lowest BCUT2D eigenvalue weighted by atomic mass is 9.78. The Morgan fingerprint density at radius 1 is 1.02 bits per heavy atom. The van der Waals surface area contributed by atoms with Gasteiger partial charge < -0.3 is 54.7 Å². The quantitative estimate of drug-likeness (QED) is 0.186. The largest absolute Gasteiger partial charge is 0.507 e. The number of allylic oxidation sites excluding steroid dienone is 2. The van der Waals surface area contributed by atoms with Gasteiger partial charge in [0.25, 0.3) is 11.7 Å². The van der Waals surface area contributed by atoms with Crippen molar-refractivity contribution in [3.63, 3.8) is 0 Å². The van der Waals surface area contributed by atoms with Gasteiger partial charge in [-0.1, -0.05) is 52.8 Å². The third-order valence-corrected chi connectivity index (χ3v) is 12.9. The number of fused-ring (bicyclic) bond motifs is 1. The van der Waals surface area contributed by atoms with Crippen molar-refractivity contribution in [2.75, 3.05) is 38.7 Å². The highest BCUT2D eigenvalue weighted by Gasteiger charge is 2.51. The topological polar surface area (TPSA) is 229 Å². The molecule has 338 valence electrons. The van der Waals surface area contributed by atoms with Gasteiger partial charge in [0.15, 0.2) is 5.75 Å². The molecule has 9 unspecified atom stereocenters. The second-order valence-electron chi connectivity index (χ2n) is 18.0. The van der Waals surface area contributed by atoms with Crippen LogP contribution in [0.2, 0.25) is 0 Å². The zero-order valence-electron chi connectivity index (χ0n) is 37.3. The number of esters is 1. The second-order valence-corrected chi connectivity index (χ2v) is 18.0. The number of aliphatic hydroxyl groups is 3. The smallest absolute Gasteiger partial charge is 0.312 e. The van der Waals surface area contributed by atoms with Gasteiger partial charge in [-0.05, 0) is 25.8 Å². The van der Waals surface area contributed by atoms with Gasteiger partial charge in [0.1, 0.15) is 34.0 Å². The fourth-order valence-corrected chi connectivity index (χ4v) is 9.28. The lowest BCUT2D eigenvalue weighted by molar-refractivity contribution is -0.161. The van der Waals surface area contributed by atoms with Gasteiger partial charge in [-0.2, -0.15) is 0 Å². The Morgan fingerprint density at radius 2 is 1.69 bits per heavy atom. The van der Waals surface area contributed by atoms with Gasteiger partial charge in [0, 0.05) is 93.6 Å². The maximum atomic E-state index is 14.7. The predicted octanol–water partition coefficient (Wildman–Crippen LogP) is 3.72. The molecule has 4 aliphatic rings. The number of benzene rings is 2. The molecule has 0 saturated carbocycles. The fourth-order valence-electron chi connectivity index (χ4n) is 9.28. The van der Waals surface area contributed by atoms with E-state index in [1.807, 2.05) is 0 Å². The van der Waals surface area contributed by atoms with Gasteiger partial charge in [-0.15, -0.1) is 0 Å². The van der Waals surface area contributed by atoms with Crippen LogP contribution in [0.15, 0.2) is 46.1 Å². The number of hydrogen-bond donors (Lipinski definition) is 6. The van der Waals surface area contributed by atoms with Gasteiger partial charge >= 0.3 is 11.8 Å². The summed E-state index contributed by atoms with van der Waals surface area (Å²) in [5, 5.41) is 60.9. The number of amides is 1. The van der Waals surface area contributed by atoms with E-state index in [-0.39, 0.29) is 49.7 Å². The van der Waals surface area contributed by atoms with Crippen LogP contribution in [0, 0.1) is 36.5 Å². The van der Waals surface area contributed by atoms with Crippen molar-refractivity contribution in [1.82, 2.24) is 4.90 Å². The minimum absolute atomic E-state index is 0.0347. The van der Waals surface area contributed by atoms with Crippen LogP contribution < -0.4 is 20.8 Å². The highest BCUT2D eigenvalue weighted by Crippen LogP contribution is 2.51. The van der Waals surface area contributed by atoms with Crippen LogP contribution in [0.4, 0.5) is 5.69 Å². The molecule has 16 heteroatoms. The summed E-state index contributed by atoms with van der Waals surface area (Å²) in [6.45, 7) is 16.8. The SMILES string of the molecule is COC1/C=C/OC2(C)Oc3c(C)c(O)c4c(O)c(c5c(c4c3C2=O)NC2(CCN(CC(C)C)CC2)N=5)=NC(=O)/C(C)=C\C=C\C(C)C(O)C(CO)C(O)C(C)C(OC(C)=O)C1C. The number of phenols is 2. The molecule has 0 aliphatic carbocycles. The van der Waals surface area contributed by atoms with Crippen LogP contribution in [-0.4, -0.2) is 117 Å². The first kappa shape index (κ1) is 46.6. The molecule has 4 aliphatic heterocycles. The van der Waals surface area contributed by atoms with Crippen LogP contribution in [0.3, 0.4) is 0 Å². The fraction of sp³-hybridized carbons (Fsp3) is 0.587. The molecule has 6 N–H and O–H groups in total. The number of carbonyl (C=O) groups excluding carboxylic acids is 3. The molecule has 2 aromatic carbocycles. The maximum absolute atomic E-state index is 14.7. The lowest BCUT2D eigenvalue weighted by Crippen LogP contribution is -2.48. The van der Waals surface area contributed by atoms with E-state index in [0.717, 1.165) is 6.54 Å². The van der Waals surface area contributed by atoms with E-state index in [0.29, 0.717) is 37.5 Å². The molecule has 2 aromatic rings. The number of nitrogens with zero attached hydrogens (tertiary/aromatic N) is 3. The van der Waals surface area contributed by atoms with E-state index in [1.54, 1.807) is 39.8 Å². The first-order chi connectivity index (χ1) is 29.2. The van der Waals surface area contributed by atoms with E-state index >= 15 is 0 Å². The average Bonchev–Trinajstić information content (AvgIpc) is 3.72. The second kappa shape index (κ2) is 18.1. The summed E-state index contributed by atoms with van der Waals surface area (Å²) < 4.78 is 23.9. The summed E-state index contributed by atoms with van der Waals surface area (Å²) in [6, 6.07) is 0. The Kier molecular flexibility index (Phi) is 13.6. The molecule has 1 amide bonds. The molecule has 4 bridgehead atoms. The van der Waals surface area contributed by atoms with Crippen LogP contribution in [0.25, 0.3) is 10.8 Å². The molecule has 6 rings (SSSR count). The molecule has 1 fully saturated rings. The standard InChI is InChI=1S/C46H62N4O12/c1-22(2)20-50-17-15-46(16-18-50)48-34-31-32-39(55)27(7)42-33(31)43(57)45(9,62-42)60-19-14-30(59-10)25(5)41(61-28(8)52)26(6)38(54)29(21-51)37(53)23(3)12-11-13-24(4)44(58)47-36(40(32)56)35(34)49-46/h11-14,19,22-23,25-26,29-30,37-38,41,48,51,53-56H,15-18,20-21H2,1-10H3/b12-11+,19-14+,24-13-,47-36?. The van der Waals surface area contributed by atoms with Crippen LogP contribution in [-0.2, 0) is 23.8 Å². The highest BCUT2D eigenvalue weighted by atomic mass is 16.7. The third-order valence-electron chi connectivity index (χ3n) is 12.9. The lowest BCUT2D eigenvalue weighted by Gasteiger charge is -2.38. The van der Waals surface area contributed by atoms with E-state index in [1.165, 1.54) is 46.3 Å². The summed E-state index contributed by atoms with van der Waals surface area (Å²) in [4.78, 5) is 52.9. The number of piperidine rings is 1. The molecule has 9 atom stereocenters. The van der Waals surface area contributed by atoms with E-state index in [9.17, 15) is 39.9 Å². The Morgan fingerprint density at radius 3 is 2.31 bits per heavy atom. The highest BCUT2D eigenvalue weighted by molar-refractivity contribution is 6.21. The maximum Gasteiger partial charge on any atom is 0.312 e. The van der Waals surface area contributed by atoms with Crippen molar-refractivity contribution in [2.45, 2.75) is 111 Å². The van der Waals surface area contributed by atoms with E-state index in [4.69, 9.17) is 23.9 Å². The Balaban J connectivity index is 1.56. The number of aliphatic hydroxyl groups excluding tert-OH is 3. The molecule has 0 aromatic heterocycles. The Bertz CT molecular complexity index is 2320. The number of aromatic hydroxyl groups is 2. The van der Waals surface area contributed by atoms with Crippen LogP contribution >= 0.6 is 0 Å². The monoisotopic (exact) mass is 862 g/mol. The molecular weight excluding hydrogens is 801 g/mol. The summed E-state index contributed by atoms with van der Waals surface area (Å²) >= 11 is 0. The Hall–Kier alpha value is -4.87. The average molecular weight is 863 g/mol. The molecule has 1 saturated heterocycles. The van der Waals surface area contributed by atoms with Gasteiger partial charge in [-0.3, -0.25) is 19.4 Å². The molecule has 16 nitrogen and oxygen atoms in total. The van der Waals surface area contributed by atoms with Crippen LogP contribution in [0.1, 0.15) is 84.2 Å². The number of rotatable bonds is 5. The molecular formula is C46H62N4O12. The number of Topliss-reactive ketones (excluding diaryl/α,β-unsaturated/α-hetero) is 1. The van der Waals surface area contributed by atoms with Gasteiger partial charge in [0.2, 0.25) is 0 Å². The van der Waals surface area contributed by atoms with Crippen molar-refractivity contribution >= 4 is 34.1 Å². The molecule has 62 heavy (non-hydrogen) atoms. The summed E-state index contributed by atoms with van der Waals surface area (Å²) in [7, 11) is 1.43. The molecule has 0 radical (unpaired) electrons. The van der Waals surface area contributed by atoms with Crippen LogP contribution in [0.5, 0.6) is 17.2 Å². The van der Waals surface area contributed by atoms with Crippen molar-refractivity contribution in [3.8, 4) is 17.2 Å². The van der Waals surface area contributed by atoms with Gasteiger partial charge in [-0.25, -0.2) is 4.99 Å². The normalized spacial score (nSPS) is 32.3. The predicted molar refractivity (Wildman–Crippen MR) is 229 cm³/mol. The van der Waals surface area contributed by atoms with Crippen molar-refractivity contribution < 1.29 is 58.9 Å². The number of hydrogen-bond acceptors (Lipinski definition) is 15. The number of nitrogens with one attached hydrogen (secondary N) is 1. The number of carbonyl (C=O) groups is 3. The van der Waals surface area contributed by atoms with Crippen molar-refractivity contribution in [2.24, 2.45) is 39.6 Å². The first-order valence-corrected chi connectivity index (χ1v) is 21.4. The number of ketones is 1. The number of likely N-dealkylation sites (tertiary alicyclic amines) is 1. The molecule has 4 heterocycles. The summed E-state index contributed by atoms with van der Waals surface area (Å²) in [5.41, 5.74) is -0.230. The third kappa shape index (κ3) is 8.59. The van der Waals surface area contributed by atoms with E-state index in [2.05, 4.69) is 29.1 Å². The first-order valence-electron chi connectivity index (χ1n) is 21.4. The minimum atomic E-state index is -1.98. The zero-order chi connectivity index (χ0) is 45.6. The zero-order valence-corrected chi connectivity index (χ0v) is 37.3.